The number of carbonyl (C=O) groups is 1. The topological polar surface area (TPSA) is 71.4 Å². The summed E-state index contributed by atoms with van der Waals surface area (Å²) < 4.78 is 12.8. The predicted molar refractivity (Wildman–Crippen MR) is 121 cm³/mol. The standard InChI is InChI=1S/C22H18ClN2O3PS/c23-17-5-6-20-18(12-17)19(14-30-20)21(29-27-9-2-10-28-29)22(26)25-8-7-15-3-1-4-16(11-15)13-24/h1,3-8,11-12,14,21H,2,9-10H2,(H,25,26). The van der Waals surface area contributed by atoms with Crippen LogP contribution in [0.5, 0.6) is 0 Å². The van der Waals surface area contributed by atoms with Gasteiger partial charge in [-0.15, -0.1) is 11.3 Å². The van der Waals surface area contributed by atoms with Gasteiger partial charge in [0.15, 0.2) is 8.38 Å². The molecule has 1 aliphatic heterocycles. The molecule has 5 nitrogen and oxygen atoms in total. The van der Waals surface area contributed by atoms with Crippen molar-refractivity contribution in [1.82, 2.24) is 5.32 Å². The van der Waals surface area contributed by atoms with Crippen LogP contribution in [0.4, 0.5) is 0 Å². The number of hydrogen-bond donors (Lipinski definition) is 1. The Morgan fingerprint density at radius 1 is 1.27 bits per heavy atom. The molecule has 0 spiro atoms. The molecule has 4 rings (SSSR count). The summed E-state index contributed by atoms with van der Waals surface area (Å²) in [4.78, 5) is 13.2. The lowest BCUT2D eigenvalue weighted by Gasteiger charge is -2.28. The lowest BCUT2D eigenvalue weighted by atomic mass is 10.1. The molecule has 0 bridgehead atoms. The third-order valence-electron chi connectivity index (χ3n) is 4.56. The van der Waals surface area contributed by atoms with Crippen LogP contribution < -0.4 is 5.32 Å². The quantitative estimate of drug-likeness (QED) is 0.478. The summed E-state index contributed by atoms with van der Waals surface area (Å²) in [7, 11) is -1.41. The molecular weight excluding hydrogens is 439 g/mol. The molecule has 8 heteroatoms. The molecule has 1 atom stereocenters. The van der Waals surface area contributed by atoms with Gasteiger partial charge in [0, 0.05) is 15.9 Å². The molecule has 2 heterocycles. The van der Waals surface area contributed by atoms with Crippen molar-refractivity contribution < 1.29 is 13.8 Å². The van der Waals surface area contributed by atoms with E-state index in [-0.39, 0.29) is 5.91 Å². The van der Waals surface area contributed by atoms with E-state index in [1.54, 1.807) is 41.8 Å². The minimum atomic E-state index is -1.41. The van der Waals surface area contributed by atoms with Crippen LogP contribution in [0.25, 0.3) is 16.2 Å². The van der Waals surface area contributed by atoms with Gasteiger partial charge in [0.1, 0.15) is 5.66 Å². The molecule has 152 valence electrons. The Labute approximate surface area is 184 Å². The van der Waals surface area contributed by atoms with Gasteiger partial charge in [-0.25, -0.2) is 0 Å². The number of carbonyl (C=O) groups excluding carboxylic acids is 1. The second kappa shape index (κ2) is 9.70. The third-order valence-corrected chi connectivity index (χ3v) is 7.59. The van der Waals surface area contributed by atoms with Crippen molar-refractivity contribution in [3.8, 4) is 6.07 Å². The minimum Gasteiger partial charge on any atom is -0.333 e. The number of nitrogens with zero attached hydrogens (tertiary/aromatic N) is 1. The highest BCUT2D eigenvalue weighted by molar-refractivity contribution is 7.49. The second-order valence-electron chi connectivity index (χ2n) is 6.62. The Kier molecular flexibility index (Phi) is 6.79. The summed E-state index contributed by atoms with van der Waals surface area (Å²) in [6.07, 6.45) is 4.17. The van der Waals surface area contributed by atoms with Crippen molar-refractivity contribution in [2.24, 2.45) is 0 Å². The van der Waals surface area contributed by atoms with Gasteiger partial charge >= 0.3 is 0 Å². The van der Waals surface area contributed by atoms with Gasteiger partial charge in [-0.3, -0.25) is 4.79 Å². The highest BCUT2D eigenvalue weighted by Crippen LogP contribution is 2.56. The Hall–Kier alpha value is -2.26. The average Bonchev–Trinajstić information content (AvgIpc) is 3.17. The average molecular weight is 457 g/mol. The lowest BCUT2D eigenvalue weighted by molar-refractivity contribution is -0.120. The molecule has 1 aliphatic rings. The first-order chi connectivity index (χ1) is 14.7. The maximum atomic E-state index is 13.2. The van der Waals surface area contributed by atoms with E-state index in [2.05, 4.69) is 11.4 Å². The van der Waals surface area contributed by atoms with Crippen molar-refractivity contribution in [2.45, 2.75) is 12.1 Å². The van der Waals surface area contributed by atoms with Crippen molar-refractivity contribution in [1.29, 1.82) is 5.26 Å². The van der Waals surface area contributed by atoms with Crippen LogP contribution >= 0.6 is 31.3 Å². The van der Waals surface area contributed by atoms with Gasteiger partial charge in [0.25, 0.3) is 0 Å². The summed E-state index contributed by atoms with van der Waals surface area (Å²) >= 11 is 7.78. The molecule has 1 N–H and O–H groups in total. The summed E-state index contributed by atoms with van der Waals surface area (Å²) in [6, 6.07) is 14.9. The van der Waals surface area contributed by atoms with Gasteiger partial charge in [-0.2, -0.15) is 5.26 Å². The highest BCUT2D eigenvalue weighted by atomic mass is 35.5. The number of halogens is 1. The minimum absolute atomic E-state index is 0.199. The van der Waals surface area contributed by atoms with Crippen LogP contribution in [-0.2, 0) is 13.8 Å². The van der Waals surface area contributed by atoms with E-state index in [0.717, 1.165) is 27.6 Å². The number of nitrogens with one attached hydrogen (secondary N) is 1. The maximum Gasteiger partial charge on any atom is 0.240 e. The van der Waals surface area contributed by atoms with E-state index < -0.39 is 14.0 Å². The Morgan fingerprint density at radius 2 is 2.10 bits per heavy atom. The first-order valence-corrected chi connectivity index (χ1v) is 11.8. The molecule has 1 saturated heterocycles. The number of fused-ring (bicyclic) bond motifs is 1. The van der Waals surface area contributed by atoms with Gasteiger partial charge in [-0.1, -0.05) is 23.7 Å². The van der Waals surface area contributed by atoms with Gasteiger partial charge < -0.3 is 14.4 Å². The first kappa shape index (κ1) is 21.0. The van der Waals surface area contributed by atoms with Crippen molar-refractivity contribution >= 4 is 53.4 Å². The molecule has 0 radical (unpaired) electrons. The Bertz CT molecular complexity index is 1130. The van der Waals surface area contributed by atoms with E-state index in [9.17, 15) is 4.79 Å². The fourth-order valence-corrected chi connectivity index (χ4v) is 6.09. The fourth-order valence-electron chi connectivity index (χ4n) is 3.15. The van der Waals surface area contributed by atoms with E-state index in [1.165, 1.54) is 0 Å². The van der Waals surface area contributed by atoms with E-state index in [0.29, 0.717) is 23.8 Å². The number of amides is 1. The molecule has 30 heavy (non-hydrogen) atoms. The van der Waals surface area contributed by atoms with E-state index in [1.807, 2.05) is 29.6 Å². The lowest BCUT2D eigenvalue weighted by Crippen LogP contribution is -2.26. The molecule has 1 unspecified atom stereocenters. The van der Waals surface area contributed by atoms with Crippen molar-refractivity contribution in [3.63, 3.8) is 0 Å². The molecular formula is C22H18ClN2O3PS. The Balaban J connectivity index is 1.60. The van der Waals surface area contributed by atoms with Crippen LogP contribution in [0.15, 0.2) is 54.0 Å². The summed E-state index contributed by atoms with van der Waals surface area (Å²) in [5, 5.41) is 15.4. The van der Waals surface area contributed by atoms with Crippen molar-refractivity contribution in [3.05, 3.63) is 75.8 Å². The number of nitriles is 1. The van der Waals surface area contributed by atoms with Crippen LogP contribution in [-0.4, -0.2) is 19.1 Å². The van der Waals surface area contributed by atoms with Gasteiger partial charge in [0.2, 0.25) is 5.91 Å². The van der Waals surface area contributed by atoms with Crippen LogP contribution in [0.3, 0.4) is 0 Å². The van der Waals surface area contributed by atoms with Crippen LogP contribution in [0.1, 0.15) is 28.8 Å². The zero-order chi connectivity index (χ0) is 20.9. The van der Waals surface area contributed by atoms with Gasteiger partial charge in [-0.05, 0) is 64.7 Å². The molecule has 1 amide bonds. The summed E-state index contributed by atoms with van der Waals surface area (Å²) in [5.41, 5.74) is 1.69. The molecule has 3 aromatic rings. The second-order valence-corrected chi connectivity index (χ2v) is 9.57. The number of thiophene rings is 1. The van der Waals surface area contributed by atoms with Crippen LogP contribution in [0, 0.1) is 11.3 Å². The third kappa shape index (κ3) is 4.73. The van der Waals surface area contributed by atoms with Crippen LogP contribution in [0.2, 0.25) is 5.02 Å². The highest BCUT2D eigenvalue weighted by Gasteiger charge is 2.35. The molecule has 1 fully saturated rings. The number of benzene rings is 2. The normalized spacial score (nSPS) is 15.9. The monoisotopic (exact) mass is 456 g/mol. The maximum absolute atomic E-state index is 13.2. The van der Waals surface area contributed by atoms with E-state index >= 15 is 0 Å². The van der Waals surface area contributed by atoms with Gasteiger partial charge in [0.05, 0.1) is 24.8 Å². The smallest absolute Gasteiger partial charge is 0.240 e. The fraction of sp³-hybridized carbons (Fsp3) is 0.182. The number of rotatable bonds is 5. The summed E-state index contributed by atoms with van der Waals surface area (Å²) in [6.45, 7) is 1.16. The zero-order valence-corrected chi connectivity index (χ0v) is 18.3. The van der Waals surface area contributed by atoms with Crippen molar-refractivity contribution in [2.75, 3.05) is 13.2 Å². The molecule has 1 aromatic heterocycles. The molecule has 0 aliphatic carbocycles. The predicted octanol–water partition coefficient (Wildman–Crippen LogP) is 6.00. The SMILES string of the molecule is N#Cc1cccc(C=CNC(=O)C(c2csc3ccc(Cl)cc23)P2OCCCO2)c1. The zero-order valence-electron chi connectivity index (χ0n) is 15.9. The van der Waals surface area contributed by atoms with E-state index in [4.69, 9.17) is 25.9 Å². The number of hydrogen-bond acceptors (Lipinski definition) is 5. The first-order valence-electron chi connectivity index (χ1n) is 9.34. The molecule has 2 aromatic carbocycles. The summed E-state index contributed by atoms with van der Waals surface area (Å²) in [5.74, 6) is -0.199. The molecule has 0 saturated carbocycles. The Morgan fingerprint density at radius 3 is 2.90 bits per heavy atom. The largest absolute Gasteiger partial charge is 0.333 e.